The molecule has 170 valence electrons. The molecule has 1 atom stereocenters. The van der Waals surface area contributed by atoms with Crippen LogP contribution < -0.4 is 9.47 Å². The van der Waals surface area contributed by atoms with Crippen LogP contribution in [0.25, 0.3) is 11.1 Å². The third-order valence-electron chi connectivity index (χ3n) is 6.21. The summed E-state index contributed by atoms with van der Waals surface area (Å²) < 4.78 is 12.1. The third-order valence-corrected chi connectivity index (χ3v) is 6.21. The van der Waals surface area contributed by atoms with Gasteiger partial charge in [-0.1, -0.05) is 12.1 Å². The van der Waals surface area contributed by atoms with E-state index in [0.717, 1.165) is 41.9 Å². The Morgan fingerprint density at radius 3 is 2.61 bits per heavy atom. The minimum Gasteiger partial charge on any atom is -0.508 e. The fraction of sp³-hybridized carbons (Fsp3) is 0.308. The number of benzene rings is 2. The van der Waals surface area contributed by atoms with E-state index in [4.69, 9.17) is 9.47 Å². The number of hydrogen-bond donors (Lipinski definition) is 2. The average Bonchev–Trinajstić information content (AvgIpc) is 3.33. The highest BCUT2D eigenvalue weighted by molar-refractivity contribution is 5.95. The molecule has 0 bridgehead atoms. The molecule has 5 rings (SSSR count). The van der Waals surface area contributed by atoms with Crippen molar-refractivity contribution in [3.8, 4) is 23.1 Å². The third kappa shape index (κ3) is 4.50. The molecule has 1 aromatic heterocycles. The van der Waals surface area contributed by atoms with E-state index in [1.54, 1.807) is 48.8 Å². The predicted octanol–water partition coefficient (Wildman–Crippen LogP) is 4.43. The summed E-state index contributed by atoms with van der Waals surface area (Å²) in [6.07, 6.45) is 5.30. The molecule has 0 spiro atoms. The van der Waals surface area contributed by atoms with Gasteiger partial charge in [0.2, 0.25) is 5.88 Å². The molecule has 0 aliphatic carbocycles. The molecule has 7 nitrogen and oxygen atoms in total. The van der Waals surface area contributed by atoms with Gasteiger partial charge in [0.25, 0.3) is 0 Å². The van der Waals surface area contributed by atoms with Crippen LogP contribution >= 0.6 is 0 Å². The number of nitrogens with zero attached hydrogens (tertiary/aromatic N) is 3. The SMILES string of the molecule is CC1=C(c2cccc(O)c2)C(c2cnc(OCCN3CCCC3)cn2)Oc2ccc(O)cc21. The van der Waals surface area contributed by atoms with Gasteiger partial charge in [-0.05, 0) is 74.3 Å². The first-order valence-electron chi connectivity index (χ1n) is 11.3. The van der Waals surface area contributed by atoms with Crippen molar-refractivity contribution in [1.82, 2.24) is 14.9 Å². The lowest BCUT2D eigenvalue weighted by atomic mass is 9.87. The minimum absolute atomic E-state index is 0.167. The van der Waals surface area contributed by atoms with Crippen LogP contribution in [0.1, 0.15) is 42.7 Å². The second-order valence-electron chi connectivity index (χ2n) is 8.44. The van der Waals surface area contributed by atoms with Crippen LogP contribution in [0.5, 0.6) is 23.1 Å². The van der Waals surface area contributed by atoms with Gasteiger partial charge in [0.05, 0.1) is 12.4 Å². The lowest BCUT2D eigenvalue weighted by Gasteiger charge is -2.30. The summed E-state index contributed by atoms with van der Waals surface area (Å²) >= 11 is 0. The first kappa shape index (κ1) is 21.3. The average molecular weight is 446 g/mol. The first-order chi connectivity index (χ1) is 16.1. The summed E-state index contributed by atoms with van der Waals surface area (Å²) in [5.74, 6) is 1.48. The summed E-state index contributed by atoms with van der Waals surface area (Å²) in [5, 5.41) is 20.1. The van der Waals surface area contributed by atoms with E-state index in [-0.39, 0.29) is 11.5 Å². The molecular formula is C26H27N3O4. The summed E-state index contributed by atoms with van der Waals surface area (Å²) in [4.78, 5) is 11.5. The lowest BCUT2D eigenvalue weighted by Crippen LogP contribution is -2.25. The normalized spacial score (nSPS) is 18.2. The molecule has 0 radical (unpaired) electrons. The van der Waals surface area contributed by atoms with Gasteiger partial charge in [0.1, 0.15) is 29.5 Å². The van der Waals surface area contributed by atoms with E-state index in [0.29, 0.717) is 23.9 Å². The van der Waals surface area contributed by atoms with E-state index in [1.807, 2.05) is 13.0 Å². The van der Waals surface area contributed by atoms with Gasteiger partial charge < -0.3 is 19.7 Å². The molecule has 3 heterocycles. The standard InChI is InChI=1S/C26H27N3O4/c1-17-21-14-20(31)7-8-23(21)33-26(25(17)18-5-4-6-19(30)13-18)22-15-28-24(16-27-22)32-12-11-29-9-2-3-10-29/h4-8,13-16,26,30-31H,2-3,9-12H2,1H3. The second kappa shape index (κ2) is 9.11. The largest absolute Gasteiger partial charge is 0.508 e. The van der Waals surface area contributed by atoms with Crippen molar-refractivity contribution in [3.63, 3.8) is 0 Å². The molecule has 7 heteroatoms. The van der Waals surface area contributed by atoms with Crippen LogP contribution in [-0.4, -0.2) is 51.3 Å². The monoisotopic (exact) mass is 445 g/mol. The molecule has 0 amide bonds. The zero-order valence-corrected chi connectivity index (χ0v) is 18.6. The number of phenolic OH excluding ortho intramolecular Hbond substituents is 2. The van der Waals surface area contributed by atoms with Gasteiger partial charge in [-0.25, -0.2) is 9.97 Å². The van der Waals surface area contributed by atoms with Crippen molar-refractivity contribution in [2.75, 3.05) is 26.2 Å². The maximum atomic E-state index is 10.1. The summed E-state index contributed by atoms with van der Waals surface area (Å²) in [5.41, 5.74) is 4.06. The number of aromatic nitrogens is 2. The maximum Gasteiger partial charge on any atom is 0.232 e. The highest BCUT2D eigenvalue weighted by Crippen LogP contribution is 2.47. The number of ether oxygens (including phenoxy) is 2. The topological polar surface area (TPSA) is 87.9 Å². The molecule has 2 N–H and O–H groups in total. The number of hydrogen-bond acceptors (Lipinski definition) is 7. The number of rotatable bonds is 6. The lowest BCUT2D eigenvalue weighted by molar-refractivity contribution is 0.229. The fourth-order valence-corrected chi connectivity index (χ4v) is 4.51. The Labute approximate surface area is 193 Å². The van der Waals surface area contributed by atoms with E-state index in [2.05, 4.69) is 14.9 Å². The number of phenols is 2. The minimum atomic E-state index is -0.519. The van der Waals surface area contributed by atoms with Crippen LogP contribution in [-0.2, 0) is 0 Å². The van der Waals surface area contributed by atoms with E-state index >= 15 is 0 Å². The zero-order valence-electron chi connectivity index (χ0n) is 18.6. The maximum absolute atomic E-state index is 10.1. The molecule has 33 heavy (non-hydrogen) atoms. The Morgan fingerprint density at radius 1 is 1.03 bits per heavy atom. The fourth-order valence-electron chi connectivity index (χ4n) is 4.51. The number of likely N-dealkylation sites (tertiary alicyclic amines) is 1. The van der Waals surface area contributed by atoms with Crippen molar-refractivity contribution in [1.29, 1.82) is 0 Å². The smallest absolute Gasteiger partial charge is 0.232 e. The molecule has 1 saturated heterocycles. The molecule has 0 saturated carbocycles. The summed E-state index contributed by atoms with van der Waals surface area (Å²) in [6, 6.07) is 12.1. The highest BCUT2D eigenvalue weighted by atomic mass is 16.5. The van der Waals surface area contributed by atoms with Crippen molar-refractivity contribution >= 4 is 11.1 Å². The molecule has 2 aromatic carbocycles. The Hall–Kier alpha value is -3.58. The van der Waals surface area contributed by atoms with Crippen molar-refractivity contribution in [3.05, 3.63) is 71.7 Å². The molecule has 3 aromatic rings. The Kier molecular flexibility index (Phi) is 5.88. The second-order valence-corrected chi connectivity index (χ2v) is 8.44. The predicted molar refractivity (Wildman–Crippen MR) is 125 cm³/mol. The van der Waals surface area contributed by atoms with Gasteiger partial charge in [0.15, 0.2) is 6.10 Å². The molecule has 2 aliphatic heterocycles. The van der Waals surface area contributed by atoms with Crippen molar-refractivity contribution in [2.24, 2.45) is 0 Å². The van der Waals surface area contributed by atoms with Crippen LogP contribution in [0.15, 0.2) is 54.9 Å². The van der Waals surface area contributed by atoms with Crippen LogP contribution in [0.4, 0.5) is 0 Å². The summed E-state index contributed by atoms with van der Waals surface area (Å²) in [7, 11) is 0. The van der Waals surface area contributed by atoms with Crippen LogP contribution in [0, 0.1) is 0 Å². The van der Waals surface area contributed by atoms with E-state index in [1.165, 1.54) is 12.8 Å². The number of aromatic hydroxyl groups is 2. The Morgan fingerprint density at radius 2 is 1.85 bits per heavy atom. The van der Waals surface area contributed by atoms with Gasteiger partial charge in [-0.15, -0.1) is 0 Å². The zero-order chi connectivity index (χ0) is 22.8. The quantitative estimate of drug-likeness (QED) is 0.580. The van der Waals surface area contributed by atoms with E-state index < -0.39 is 6.10 Å². The molecule has 2 aliphatic rings. The van der Waals surface area contributed by atoms with Gasteiger partial charge in [0, 0.05) is 17.7 Å². The Bertz CT molecular complexity index is 1170. The summed E-state index contributed by atoms with van der Waals surface area (Å²) in [6.45, 7) is 5.72. The molecule has 1 unspecified atom stereocenters. The van der Waals surface area contributed by atoms with E-state index in [9.17, 15) is 10.2 Å². The Balaban J connectivity index is 1.43. The van der Waals surface area contributed by atoms with Crippen molar-refractivity contribution in [2.45, 2.75) is 25.9 Å². The molecular weight excluding hydrogens is 418 g/mol. The first-order valence-corrected chi connectivity index (χ1v) is 11.3. The van der Waals surface area contributed by atoms with Gasteiger partial charge >= 0.3 is 0 Å². The number of fused-ring (bicyclic) bond motifs is 1. The highest BCUT2D eigenvalue weighted by Gasteiger charge is 2.31. The molecule has 1 fully saturated rings. The van der Waals surface area contributed by atoms with Gasteiger partial charge in [-0.2, -0.15) is 0 Å². The van der Waals surface area contributed by atoms with Crippen LogP contribution in [0.2, 0.25) is 0 Å². The van der Waals surface area contributed by atoms with Crippen molar-refractivity contribution < 1.29 is 19.7 Å². The van der Waals surface area contributed by atoms with Gasteiger partial charge in [-0.3, -0.25) is 4.90 Å². The van der Waals surface area contributed by atoms with Crippen LogP contribution in [0.3, 0.4) is 0 Å². The number of allylic oxidation sites excluding steroid dienone is 1.